The number of esters is 1. The number of nitrogens with zero attached hydrogens (tertiary/aromatic N) is 1. The van der Waals surface area contributed by atoms with Crippen molar-refractivity contribution in [2.45, 2.75) is 45.4 Å². The Morgan fingerprint density at radius 3 is 2.50 bits per heavy atom. The molecule has 0 radical (unpaired) electrons. The minimum Gasteiger partial charge on any atom is -0.459 e. The fourth-order valence-corrected chi connectivity index (χ4v) is 1.54. The van der Waals surface area contributed by atoms with E-state index in [1.165, 1.54) is 0 Å². The number of hydrogen-bond acceptors (Lipinski definition) is 3. The van der Waals surface area contributed by atoms with Crippen molar-refractivity contribution in [3.8, 4) is 0 Å². The fourth-order valence-electron chi connectivity index (χ4n) is 1.54. The van der Waals surface area contributed by atoms with Gasteiger partial charge in [-0.05, 0) is 27.7 Å². The van der Waals surface area contributed by atoms with Gasteiger partial charge in [-0.15, -0.1) is 6.58 Å². The zero-order valence-corrected chi connectivity index (χ0v) is 9.41. The Labute approximate surface area is 85.7 Å². The number of carbonyl (C=O) groups is 1. The normalized spacial score (nSPS) is 31.0. The molecule has 0 bridgehead atoms. The van der Waals surface area contributed by atoms with Crippen LogP contribution in [0, 0.1) is 0 Å². The van der Waals surface area contributed by atoms with Crippen LogP contribution in [-0.4, -0.2) is 35.1 Å². The van der Waals surface area contributed by atoms with Gasteiger partial charge >= 0.3 is 5.97 Å². The van der Waals surface area contributed by atoms with Gasteiger partial charge in [0.15, 0.2) is 0 Å². The van der Waals surface area contributed by atoms with Crippen LogP contribution < -0.4 is 0 Å². The number of hydrogen-bond donors (Lipinski definition) is 0. The quantitative estimate of drug-likeness (QED) is 0.391. The van der Waals surface area contributed by atoms with E-state index in [4.69, 9.17) is 4.74 Å². The van der Waals surface area contributed by atoms with E-state index in [1.807, 2.05) is 26.8 Å². The van der Waals surface area contributed by atoms with Gasteiger partial charge in [0.25, 0.3) is 0 Å². The summed E-state index contributed by atoms with van der Waals surface area (Å²) in [7, 11) is 0. The molecule has 1 saturated heterocycles. The molecule has 0 aromatic rings. The second-order valence-electron chi connectivity index (χ2n) is 4.73. The second kappa shape index (κ2) is 3.73. The lowest BCUT2D eigenvalue weighted by Gasteiger charge is -2.19. The topological polar surface area (TPSA) is 29.3 Å². The van der Waals surface area contributed by atoms with E-state index >= 15 is 0 Å². The molecule has 0 aromatic heterocycles. The molecule has 0 spiro atoms. The Hall–Kier alpha value is -0.830. The summed E-state index contributed by atoms with van der Waals surface area (Å²) in [4.78, 5) is 13.5. The third-order valence-corrected chi connectivity index (χ3v) is 2.28. The molecule has 0 aliphatic carbocycles. The molecule has 1 aliphatic heterocycles. The first-order valence-corrected chi connectivity index (χ1v) is 4.95. The largest absolute Gasteiger partial charge is 0.459 e. The molecule has 1 rings (SSSR count). The van der Waals surface area contributed by atoms with Crippen LogP contribution in [0.2, 0.25) is 0 Å². The molecule has 1 unspecified atom stereocenters. The van der Waals surface area contributed by atoms with Gasteiger partial charge in [0.05, 0.1) is 6.54 Å². The first-order chi connectivity index (χ1) is 6.35. The van der Waals surface area contributed by atoms with Gasteiger partial charge in [-0.25, -0.2) is 0 Å². The maximum absolute atomic E-state index is 11.4. The fraction of sp³-hybridized carbons (Fsp3) is 0.727. The van der Waals surface area contributed by atoms with Crippen molar-refractivity contribution in [2.75, 3.05) is 6.54 Å². The van der Waals surface area contributed by atoms with Crippen molar-refractivity contribution in [1.29, 1.82) is 0 Å². The van der Waals surface area contributed by atoms with Crippen molar-refractivity contribution in [3.05, 3.63) is 12.7 Å². The minimum atomic E-state index is -0.389. The average molecular weight is 197 g/mol. The lowest BCUT2D eigenvalue weighted by atomic mass is 10.2. The van der Waals surface area contributed by atoms with E-state index < -0.39 is 0 Å². The summed E-state index contributed by atoms with van der Waals surface area (Å²) in [6, 6.07) is 0.780. The molecule has 1 fully saturated rings. The van der Waals surface area contributed by atoms with Gasteiger partial charge in [-0.2, -0.15) is 0 Å². The predicted molar refractivity (Wildman–Crippen MR) is 56.0 cm³/mol. The zero-order valence-electron chi connectivity index (χ0n) is 9.41. The molecule has 14 heavy (non-hydrogen) atoms. The molecule has 0 N–H and O–H groups in total. The molecule has 3 nitrogen and oxygen atoms in total. The molecule has 3 atom stereocenters. The highest BCUT2D eigenvalue weighted by Gasteiger charge is 2.42. The van der Waals surface area contributed by atoms with E-state index in [0.717, 1.165) is 0 Å². The molecular formula is C11H19NO2. The molecule has 1 heterocycles. The Bertz CT molecular complexity index is 242. The maximum Gasteiger partial charge on any atom is 0.320 e. The zero-order chi connectivity index (χ0) is 10.9. The van der Waals surface area contributed by atoms with Gasteiger partial charge in [0.1, 0.15) is 5.60 Å². The summed E-state index contributed by atoms with van der Waals surface area (Å²) in [6.45, 7) is 11.8. The number of ether oxygens (including phenoxy) is 1. The van der Waals surface area contributed by atoms with Crippen LogP contribution in [0.15, 0.2) is 12.7 Å². The highest BCUT2D eigenvalue weighted by atomic mass is 16.6. The van der Waals surface area contributed by atoms with E-state index in [9.17, 15) is 4.79 Å². The molecular weight excluding hydrogens is 178 g/mol. The third-order valence-electron chi connectivity index (χ3n) is 2.28. The molecule has 80 valence electrons. The van der Waals surface area contributed by atoms with Crippen molar-refractivity contribution < 1.29 is 9.53 Å². The van der Waals surface area contributed by atoms with Crippen LogP contribution in [0.5, 0.6) is 0 Å². The van der Waals surface area contributed by atoms with Crippen LogP contribution >= 0.6 is 0 Å². The van der Waals surface area contributed by atoms with Crippen LogP contribution in [0.4, 0.5) is 0 Å². The van der Waals surface area contributed by atoms with Crippen LogP contribution in [-0.2, 0) is 9.53 Å². The standard InChI is InChI=1S/C11H19NO2/c1-6-9-8(2)12(9)7-10(13)14-11(3,4)5/h6,8-9H,1,7H2,2-5H3/t8-,9-,12?/m0/s1. The summed E-state index contributed by atoms with van der Waals surface area (Å²) >= 11 is 0. The highest BCUT2D eigenvalue weighted by Crippen LogP contribution is 2.28. The summed E-state index contributed by atoms with van der Waals surface area (Å²) in [5.74, 6) is -0.159. The van der Waals surface area contributed by atoms with Crippen molar-refractivity contribution in [2.24, 2.45) is 0 Å². The molecule has 0 saturated carbocycles. The first kappa shape index (κ1) is 11.2. The summed E-state index contributed by atoms with van der Waals surface area (Å²) < 4.78 is 5.21. The first-order valence-electron chi connectivity index (χ1n) is 4.95. The summed E-state index contributed by atoms with van der Waals surface area (Å²) in [6.07, 6.45) is 1.87. The van der Waals surface area contributed by atoms with Gasteiger partial charge in [0, 0.05) is 12.1 Å². The molecule has 1 aliphatic rings. The van der Waals surface area contributed by atoms with E-state index in [0.29, 0.717) is 18.6 Å². The number of rotatable bonds is 3. The van der Waals surface area contributed by atoms with Crippen molar-refractivity contribution in [1.82, 2.24) is 4.90 Å². The second-order valence-corrected chi connectivity index (χ2v) is 4.73. The summed E-state index contributed by atoms with van der Waals surface area (Å²) in [5, 5.41) is 0. The lowest BCUT2D eigenvalue weighted by molar-refractivity contribution is -0.154. The Morgan fingerprint density at radius 1 is 1.57 bits per heavy atom. The maximum atomic E-state index is 11.4. The Morgan fingerprint density at radius 2 is 2.14 bits per heavy atom. The minimum absolute atomic E-state index is 0.159. The van der Waals surface area contributed by atoms with Crippen LogP contribution in [0.3, 0.4) is 0 Å². The van der Waals surface area contributed by atoms with E-state index in [-0.39, 0.29) is 11.6 Å². The molecule has 0 aromatic carbocycles. The molecule has 0 amide bonds. The SMILES string of the molecule is C=C[C@H]1[C@H](C)N1CC(=O)OC(C)(C)C. The van der Waals surface area contributed by atoms with Gasteiger partial charge in [-0.3, -0.25) is 9.69 Å². The molecule has 3 heteroatoms. The smallest absolute Gasteiger partial charge is 0.320 e. The average Bonchev–Trinajstić information content (AvgIpc) is 2.56. The van der Waals surface area contributed by atoms with Crippen LogP contribution in [0.1, 0.15) is 27.7 Å². The Kier molecular flexibility index (Phi) is 3.00. The lowest BCUT2D eigenvalue weighted by Crippen LogP contribution is -2.28. The number of carbonyl (C=O) groups excluding carboxylic acids is 1. The predicted octanol–water partition coefficient (Wildman–Crippen LogP) is 1.59. The van der Waals surface area contributed by atoms with E-state index in [1.54, 1.807) is 0 Å². The summed E-state index contributed by atoms with van der Waals surface area (Å²) in [5.41, 5.74) is -0.389. The van der Waals surface area contributed by atoms with E-state index in [2.05, 4.69) is 18.4 Å². The van der Waals surface area contributed by atoms with Crippen LogP contribution in [0.25, 0.3) is 0 Å². The van der Waals surface area contributed by atoms with Crippen molar-refractivity contribution in [3.63, 3.8) is 0 Å². The van der Waals surface area contributed by atoms with Crippen molar-refractivity contribution >= 4 is 5.97 Å². The Balaban J connectivity index is 2.33. The van der Waals surface area contributed by atoms with Gasteiger partial charge in [0.2, 0.25) is 0 Å². The van der Waals surface area contributed by atoms with Gasteiger partial charge in [-0.1, -0.05) is 6.08 Å². The highest BCUT2D eigenvalue weighted by molar-refractivity contribution is 5.72. The van der Waals surface area contributed by atoms with Gasteiger partial charge < -0.3 is 4.74 Å². The third kappa shape index (κ3) is 2.84. The monoisotopic (exact) mass is 197 g/mol.